The van der Waals surface area contributed by atoms with Crippen LogP contribution in [-0.2, 0) is 4.79 Å². The van der Waals surface area contributed by atoms with Gasteiger partial charge >= 0.3 is 0 Å². The SMILES string of the molecule is Cc1cccc(-c2nnc(SCC(=O)Nc3ccc(C)c(F)c3)n2-c2ccc(Cl)cc2)c1. The fourth-order valence-electron chi connectivity index (χ4n) is 3.16. The van der Waals surface area contributed by atoms with E-state index in [2.05, 4.69) is 15.5 Å². The highest BCUT2D eigenvalue weighted by molar-refractivity contribution is 7.99. The molecule has 0 aliphatic heterocycles. The van der Waals surface area contributed by atoms with Gasteiger partial charge in [0.1, 0.15) is 5.82 Å². The van der Waals surface area contributed by atoms with E-state index in [4.69, 9.17) is 11.6 Å². The van der Waals surface area contributed by atoms with Crippen LogP contribution in [0.2, 0.25) is 5.02 Å². The van der Waals surface area contributed by atoms with Gasteiger partial charge in [0.2, 0.25) is 5.91 Å². The molecule has 1 N–H and O–H groups in total. The number of rotatable bonds is 6. The van der Waals surface area contributed by atoms with E-state index in [-0.39, 0.29) is 17.5 Å². The highest BCUT2D eigenvalue weighted by atomic mass is 35.5. The molecule has 1 heterocycles. The van der Waals surface area contributed by atoms with Crippen molar-refractivity contribution >= 4 is 35.0 Å². The lowest BCUT2D eigenvalue weighted by Gasteiger charge is -2.11. The van der Waals surface area contributed by atoms with Crippen LogP contribution in [0.1, 0.15) is 11.1 Å². The molecule has 0 atom stereocenters. The second-order valence-corrected chi connectivity index (χ2v) is 8.67. The van der Waals surface area contributed by atoms with E-state index in [9.17, 15) is 9.18 Å². The number of aromatic nitrogens is 3. The largest absolute Gasteiger partial charge is 0.325 e. The van der Waals surface area contributed by atoms with Crippen LogP contribution in [0.15, 0.2) is 71.9 Å². The van der Waals surface area contributed by atoms with Crippen LogP contribution >= 0.6 is 23.4 Å². The Hall–Kier alpha value is -3.16. The first-order valence-corrected chi connectivity index (χ1v) is 11.2. The third kappa shape index (κ3) is 5.00. The Balaban J connectivity index is 1.60. The molecule has 0 unspecified atom stereocenters. The first-order chi connectivity index (χ1) is 15.4. The zero-order chi connectivity index (χ0) is 22.7. The average Bonchev–Trinajstić information content (AvgIpc) is 3.19. The molecule has 3 aromatic carbocycles. The van der Waals surface area contributed by atoms with Crippen molar-refractivity contribution in [2.24, 2.45) is 0 Å². The molecule has 4 aromatic rings. The number of hydrogen-bond acceptors (Lipinski definition) is 4. The van der Waals surface area contributed by atoms with Gasteiger partial charge in [-0.1, -0.05) is 53.2 Å². The highest BCUT2D eigenvalue weighted by Gasteiger charge is 2.17. The Morgan fingerprint density at radius 2 is 1.84 bits per heavy atom. The van der Waals surface area contributed by atoms with E-state index in [1.807, 2.05) is 47.9 Å². The Bertz CT molecular complexity index is 1270. The van der Waals surface area contributed by atoms with Gasteiger partial charge in [0.05, 0.1) is 5.75 Å². The summed E-state index contributed by atoms with van der Waals surface area (Å²) in [5, 5.41) is 12.6. The number of hydrogen-bond donors (Lipinski definition) is 1. The second-order valence-electron chi connectivity index (χ2n) is 7.29. The molecule has 8 heteroatoms. The first kappa shape index (κ1) is 22.0. The molecule has 5 nitrogen and oxygen atoms in total. The maximum atomic E-state index is 13.8. The predicted molar refractivity (Wildman–Crippen MR) is 127 cm³/mol. The third-order valence-corrected chi connectivity index (χ3v) is 5.96. The number of halogens is 2. The van der Waals surface area contributed by atoms with Gasteiger partial charge in [-0.05, 0) is 61.9 Å². The van der Waals surface area contributed by atoms with Crippen LogP contribution in [0.25, 0.3) is 17.1 Å². The van der Waals surface area contributed by atoms with Crippen molar-refractivity contribution < 1.29 is 9.18 Å². The molecule has 0 fully saturated rings. The number of carbonyl (C=O) groups is 1. The summed E-state index contributed by atoms with van der Waals surface area (Å²) in [5.41, 5.74) is 3.79. The summed E-state index contributed by atoms with van der Waals surface area (Å²) in [7, 11) is 0. The highest BCUT2D eigenvalue weighted by Crippen LogP contribution is 2.29. The minimum Gasteiger partial charge on any atom is -0.325 e. The van der Waals surface area contributed by atoms with E-state index in [1.165, 1.54) is 17.8 Å². The lowest BCUT2D eigenvalue weighted by molar-refractivity contribution is -0.113. The molecule has 0 bridgehead atoms. The van der Waals surface area contributed by atoms with Crippen molar-refractivity contribution in [2.75, 3.05) is 11.1 Å². The summed E-state index contributed by atoms with van der Waals surface area (Å²) in [5.74, 6) is 0.135. The van der Waals surface area contributed by atoms with Gasteiger partial charge in [0, 0.05) is 22.0 Å². The van der Waals surface area contributed by atoms with Crippen LogP contribution in [0, 0.1) is 19.7 Å². The summed E-state index contributed by atoms with van der Waals surface area (Å²) < 4.78 is 15.7. The summed E-state index contributed by atoms with van der Waals surface area (Å²) >= 11 is 7.32. The molecule has 1 aromatic heterocycles. The second kappa shape index (κ2) is 9.54. The number of aryl methyl sites for hydroxylation is 2. The molecule has 4 rings (SSSR count). The van der Waals surface area contributed by atoms with Crippen LogP contribution in [0.3, 0.4) is 0 Å². The lowest BCUT2D eigenvalue weighted by atomic mass is 10.1. The van der Waals surface area contributed by atoms with E-state index in [1.54, 1.807) is 31.2 Å². The molecule has 162 valence electrons. The predicted octanol–water partition coefficient (Wildman–Crippen LogP) is 6.07. The molecular formula is C24H20ClFN4OS. The van der Waals surface area contributed by atoms with Gasteiger partial charge in [-0.25, -0.2) is 4.39 Å². The number of carbonyl (C=O) groups excluding carboxylic acids is 1. The molecule has 0 spiro atoms. The molecule has 0 aliphatic rings. The quantitative estimate of drug-likeness (QED) is 0.350. The van der Waals surface area contributed by atoms with Crippen molar-refractivity contribution in [3.63, 3.8) is 0 Å². The van der Waals surface area contributed by atoms with Gasteiger partial charge in [0.25, 0.3) is 0 Å². The van der Waals surface area contributed by atoms with Crippen LogP contribution in [0.4, 0.5) is 10.1 Å². The van der Waals surface area contributed by atoms with E-state index in [0.717, 1.165) is 16.8 Å². The van der Waals surface area contributed by atoms with Crippen molar-refractivity contribution in [3.05, 3.63) is 88.7 Å². The van der Waals surface area contributed by atoms with Crippen molar-refractivity contribution in [1.82, 2.24) is 14.8 Å². The minimum absolute atomic E-state index is 0.0923. The fourth-order valence-corrected chi connectivity index (χ4v) is 4.03. The van der Waals surface area contributed by atoms with Crippen LogP contribution in [-0.4, -0.2) is 26.4 Å². The number of anilines is 1. The third-order valence-electron chi connectivity index (χ3n) is 4.78. The molecule has 0 saturated carbocycles. The Labute approximate surface area is 194 Å². The maximum Gasteiger partial charge on any atom is 0.234 e. The summed E-state index contributed by atoms with van der Waals surface area (Å²) in [6.45, 7) is 3.69. The summed E-state index contributed by atoms with van der Waals surface area (Å²) in [4.78, 5) is 12.5. The maximum absolute atomic E-state index is 13.8. The minimum atomic E-state index is -0.360. The Morgan fingerprint density at radius 1 is 1.06 bits per heavy atom. The normalized spacial score (nSPS) is 10.9. The smallest absolute Gasteiger partial charge is 0.234 e. The zero-order valence-electron chi connectivity index (χ0n) is 17.5. The number of benzene rings is 3. The van der Waals surface area contributed by atoms with E-state index >= 15 is 0 Å². The summed E-state index contributed by atoms with van der Waals surface area (Å²) in [6, 6.07) is 19.9. The van der Waals surface area contributed by atoms with Gasteiger partial charge in [0.15, 0.2) is 11.0 Å². The van der Waals surface area contributed by atoms with Crippen LogP contribution < -0.4 is 5.32 Å². The van der Waals surface area contributed by atoms with Gasteiger partial charge < -0.3 is 5.32 Å². The van der Waals surface area contributed by atoms with Crippen molar-refractivity contribution in [3.8, 4) is 17.1 Å². The van der Waals surface area contributed by atoms with Crippen molar-refractivity contribution in [1.29, 1.82) is 0 Å². The molecule has 0 aliphatic carbocycles. The van der Waals surface area contributed by atoms with Gasteiger partial charge in [-0.2, -0.15) is 0 Å². The van der Waals surface area contributed by atoms with E-state index in [0.29, 0.717) is 27.3 Å². The molecule has 32 heavy (non-hydrogen) atoms. The molecule has 0 radical (unpaired) electrons. The first-order valence-electron chi connectivity index (χ1n) is 9.88. The number of amides is 1. The van der Waals surface area contributed by atoms with E-state index < -0.39 is 0 Å². The van der Waals surface area contributed by atoms with Gasteiger partial charge in [-0.3, -0.25) is 9.36 Å². The van der Waals surface area contributed by atoms with Crippen LogP contribution in [0.5, 0.6) is 0 Å². The number of nitrogens with zero attached hydrogens (tertiary/aromatic N) is 3. The molecular weight excluding hydrogens is 447 g/mol. The monoisotopic (exact) mass is 466 g/mol. The zero-order valence-corrected chi connectivity index (χ0v) is 19.0. The Kier molecular flexibility index (Phi) is 6.58. The Morgan fingerprint density at radius 3 is 2.56 bits per heavy atom. The lowest BCUT2D eigenvalue weighted by Crippen LogP contribution is -2.14. The molecule has 0 saturated heterocycles. The topological polar surface area (TPSA) is 59.8 Å². The van der Waals surface area contributed by atoms with Gasteiger partial charge in [-0.15, -0.1) is 10.2 Å². The van der Waals surface area contributed by atoms with Crippen molar-refractivity contribution in [2.45, 2.75) is 19.0 Å². The summed E-state index contributed by atoms with van der Waals surface area (Å²) in [6.07, 6.45) is 0. The molecule has 1 amide bonds. The standard InChI is InChI=1S/C24H20ClFN4OS/c1-15-4-3-5-17(12-15)23-28-29-24(30(23)20-10-7-18(25)8-11-20)32-14-22(31)27-19-9-6-16(2)21(26)13-19/h3-13H,14H2,1-2H3,(H,27,31). The fraction of sp³-hybridized carbons (Fsp3) is 0.125. The number of thioether (sulfide) groups is 1. The number of nitrogens with one attached hydrogen (secondary N) is 1. The average molecular weight is 467 g/mol.